The Morgan fingerprint density at radius 2 is 1.19 bits per heavy atom. The Morgan fingerprint density at radius 1 is 0.677 bits per heavy atom. The van der Waals surface area contributed by atoms with Crippen molar-refractivity contribution in [3.05, 3.63) is 0 Å². The van der Waals surface area contributed by atoms with Gasteiger partial charge >= 0.3 is 12.2 Å². The number of rotatable bonds is 7. The van der Waals surface area contributed by atoms with Crippen molar-refractivity contribution in [1.29, 1.82) is 0 Å². The SMILES string of the molecule is CC(C)COC(=O)N1CCCN(CC(C)N2CCCN(C(=O)OCC(C)C)CC2)CC1. The molecule has 0 aromatic rings. The summed E-state index contributed by atoms with van der Waals surface area (Å²) in [6.07, 6.45) is 1.58. The molecule has 8 nitrogen and oxygen atoms in total. The highest BCUT2D eigenvalue weighted by atomic mass is 16.6. The van der Waals surface area contributed by atoms with Gasteiger partial charge in [0.2, 0.25) is 0 Å². The van der Waals surface area contributed by atoms with Gasteiger partial charge < -0.3 is 19.3 Å². The molecular formula is C23H44N4O4. The molecular weight excluding hydrogens is 396 g/mol. The van der Waals surface area contributed by atoms with Gasteiger partial charge in [0.25, 0.3) is 0 Å². The van der Waals surface area contributed by atoms with E-state index in [1.165, 1.54) is 0 Å². The van der Waals surface area contributed by atoms with Gasteiger partial charge in [0, 0.05) is 58.4 Å². The van der Waals surface area contributed by atoms with Crippen molar-refractivity contribution in [3.63, 3.8) is 0 Å². The van der Waals surface area contributed by atoms with Crippen molar-refractivity contribution in [2.24, 2.45) is 11.8 Å². The predicted octanol–water partition coefficient (Wildman–Crippen LogP) is 2.98. The van der Waals surface area contributed by atoms with E-state index >= 15 is 0 Å². The van der Waals surface area contributed by atoms with Crippen molar-refractivity contribution in [1.82, 2.24) is 19.6 Å². The third kappa shape index (κ3) is 9.23. The van der Waals surface area contributed by atoms with Gasteiger partial charge in [-0.05, 0) is 38.1 Å². The van der Waals surface area contributed by atoms with Gasteiger partial charge in [-0.1, -0.05) is 27.7 Å². The van der Waals surface area contributed by atoms with Crippen molar-refractivity contribution < 1.29 is 19.1 Å². The van der Waals surface area contributed by atoms with Gasteiger partial charge in [0.05, 0.1) is 13.2 Å². The van der Waals surface area contributed by atoms with E-state index in [0.717, 1.165) is 71.7 Å². The average molecular weight is 441 g/mol. The second kappa shape index (κ2) is 13.1. The molecule has 1 atom stereocenters. The Labute approximate surface area is 188 Å². The van der Waals surface area contributed by atoms with Crippen LogP contribution in [0, 0.1) is 11.8 Å². The van der Waals surface area contributed by atoms with Crippen LogP contribution in [0.3, 0.4) is 0 Å². The minimum Gasteiger partial charge on any atom is -0.449 e. The van der Waals surface area contributed by atoms with E-state index in [0.29, 0.717) is 31.1 Å². The maximum atomic E-state index is 12.3. The van der Waals surface area contributed by atoms with Crippen LogP contribution in [0.2, 0.25) is 0 Å². The molecule has 2 saturated heterocycles. The fraction of sp³-hybridized carbons (Fsp3) is 0.913. The Balaban J connectivity index is 1.75. The van der Waals surface area contributed by atoms with Crippen LogP contribution in [0.1, 0.15) is 47.5 Å². The number of carbonyl (C=O) groups excluding carboxylic acids is 2. The van der Waals surface area contributed by atoms with Crippen molar-refractivity contribution in [3.8, 4) is 0 Å². The van der Waals surface area contributed by atoms with Crippen LogP contribution in [0.15, 0.2) is 0 Å². The monoisotopic (exact) mass is 440 g/mol. The van der Waals surface area contributed by atoms with E-state index in [1.54, 1.807) is 0 Å². The third-order valence-electron chi connectivity index (χ3n) is 5.86. The molecule has 0 aromatic carbocycles. The van der Waals surface area contributed by atoms with Gasteiger partial charge in [0.15, 0.2) is 0 Å². The van der Waals surface area contributed by atoms with Crippen LogP contribution in [-0.2, 0) is 9.47 Å². The molecule has 180 valence electrons. The van der Waals surface area contributed by atoms with Crippen LogP contribution in [0.5, 0.6) is 0 Å². The number of carbonyl (C=O) groups is 2. The largest absolute Gasteiger partial charge is 0.449 e. The lowest BCUT2D eigenvalue weighted by atomic mass is 10.2. The first-order valence-electron chi connectivity index (χ1n) is 12.1. The predicted molar refractivity (Wildman–Crippen MR) is 122 cm³/mol. The highest BCUT2D eigenvalue weighted by Crippen LogP contribution is 2.12. The zero-order valence-corrected chi connectivity index (χ0v) is 20.3. The standard InChI is InChI=1S/C23H44N4O4/c1-19(2)17-30-22(28)26-10-6-8-24(12-13-26)16-21(5)25-9-7-11-27(15-14-25)23(29)31-18-20(3)4/h19-21H,6-18H2,1-5H3. The van der Waals surface area contributed by atoms with Crippen LogP contribution in [0.25, 0.3) is 0 Å². The molecule has 31 heavy (non-hydrogen) atoms. The summed E-state index contributed by atoms with van der Waals surface area (Å²) < 4.78 is 10.8. The maximum absolute atomic E-state index is 12.3. The molecule has 0 aromatic heterocycles. The quantitative estimate of drug-likeness (QED) is 0.606. The van der Waals surface area contributed by atoms with Gasteiger partial charge in [-0.2, -0.15) is 0 Å². The maximum Gasteiger partial charge on any atom is 0.409 e. The highest BCUT2D eigenvalue weighted by molar-refractivity contribution is 5.68. The summed E-state index contributed by atoms with van der Waals surface area (Å²) in [5.41, 5.74) is 0. The van der Waals surface area contributed by atoms with Crippen molar-refractivity contribution in [2.45, 2.75) is 53.5 Å². The Hall–Kier alpha value is -1.54. The molecule has 0 spiro atoms. The third-order valence-corrected chi connectivity index (χ3v) is 5.86. The first kappa shape index (κ1) is 25.7. The molecule has 0 radical (unpaired) electrons. The van der Waals surface area contributed by atoms with Crippen LogP contribution in [0.4, 0.5) is 9.59 Å². The second-order valence-corrected chi connectivity index (χ2v) is 9.81. The molecule has 2 heterocycles. The minimum atomic E-state index is -0.180. The zero-order valence-electron chi connectivity index (χ0n) is 20.3. The molecule has 1 unspecified atom stereocenters. The Bertz CT molecular complexity index is 558. The van der Waals surface area contributed by atoms with E-state index in [9.17, 15) is 9.59 Å². The van der Waals surface area contributed by atoms with Crippen LogP contribution >= 0.6 is 0 Å². The van der Waals surface area contributed by atoms with E-state index < -0.39 is 0 Å². The molecule has 0 aliphatic carbocycles. The summed E-state index contributed by atoms with van der Waals surface area (Å²) in [7, 11) is 0. The summed E-state index contributed by atoms with van der Waals surface area (Å²) in [6.45, 7) is 19.1. The molecule has 0 bridgehead atoms. The smallest absolute Gasteiger partial charge is 0.409 e. The first-order chi connectivity index (χ1) is 14.8. The van der Waals surface area contributed by atoms with Gasteiger partial charge in [-0.15, -0.1) is 0 Å². The molecule has 2 aliphatic heterocycles. The van der Waals surface area contributed by atoms with E-state index in [1.807, 2.05) is 9.80 Å². The number of hydrogen-bond acceptors (Lipinski definition) is 6. The Morgan fingerprint density at radius 3 is 1.74 bits per heavy atom. The summed E-state index contributed by atoms with van der Waals surface area (Å²) in [4.78, 5) is 33.2. The minimum absolute atomic E-state index is 0.180. The zero-order chi connectivity index (χ0) is 22.8. The fourth-order valence-electron chi connectivity index (χ4n) is 4.04. The molecule has 8 heteroatoms. The summed E-state index contributed by atoms with van der Waals surface area (Å²) in [5.74, 6) is 0.712. The summed E-state index contributed by atoms with van der Waals surface area (Å²) in [5, 5.41) is 0. The number of hydrogen-bond donors (Lipinski definition) is 0. The molecule has 2 aliphatic rings. The van der Waals surface area contributed by atoms with Gasteiger partial charge in [-0.3, -0.25) is 9.80 Å². The molecule has 2 amide bonds. The van der Waals surface area contributed by atoms with Crippen LogP contribution < -0.4 is 0 Å². The van der Waals surface area contributed by atoms with Gasteiger partial charge in [-0.25, -0.2) is 9.59 Å². The van der Waals surface area contributed by atoms with E-state index in [2.05, 4.69) is 44.4 Å². The lowest BCUT2D eigenvalue weighted by molar-refractivity contribution is 0.0899. The number of nitrogens with zero attached hydrogens (tertiary/aromatic N) is 4. The first-order valence-corrected chi connectivity index (χ1v) is 12.1. The Kier molecular flexibility index (Phi) is 10.9. The van der Waals surface area contributed by atoms with E-state index in [-0.39, 0.29) is 12.2 Å². The van der Waals surface area contributed by atoms with Gasteiger partial charge in [0.1, 0.15) is 0 Å². The fourth-order valence-corrected chi connectivity index (χ4v) is 4.04. The summed E-state index contributed by atoms with van der Waals surface area (Å²) >= 11 is 0. The van der Waals surface area contributed by atoms with Crippen molar-refractivity contribution in [2.75, 3.05) is 72.1 Å². The second-order valence-electron chi connectivity index (χ2n) is 9.81. The lowest BCUT2D eigenvalue weighted by Gasteiger charge is -2.32. The number of ether oxygens (including phenoxy) is 2. The topological polar surface area (TPSA) is 65.6 Å². The average Bonchev–Trinajstić information content (AvgIpc) is 3.11. The van der Waals surface area contributed by atoms with E-state index in [4.69, 9.17) is 9.47 Å². The molecule has 0 saturated carbocycles. The lowest BCUT2D eigenvalue weighted by Crippen LogP contribution is -2.45. The molecule has 2 fully saturated rings. The molecule has 0 N–H and O–H groups in total. The van der Waals surface area contributed by atoms with Crippen LogP contribution in [-0.4, -0.2) is 110 Å². The van der Waals surface area contributed by atoms with Crippen molar-refractivity contribution >= 4 is 12.2 Å². The normalized spacial score (nSPS) is 20.5. The highest BCUT2D eigenvalue weighted by Gasteiger charge is 2.26. The molecule has 2 rings (SSSR count). The number of amides is 2. The summed E-state index contributed by atoms with van der Waals surface area (Å²) in [6, 6.07) is 0.408.